The number of halogens is 1. The Bertz CT molecular complexity index is 437. The van der Waals surface area contributed by atoms with E-state index in [0.717, 1.165) is 12.1 Å². The van der Waals surface area contributed by atoms with Gasteiger partial charge in [0.05, 0.1) is 13.7 Å². The minimum atomic E-state index is -0.109. The summed E-state index contributed by atoms with van der Waals surface area (Å²) in [6.07, 6.45) is 1.62. The summed E-state index contributed by atoms with van der Waals surface area (Å²) in [6, 6.07) is 3.61. The van der Waals surface area contributed by atoms with Gasteiger partial charge in [-0.25, -0.2) is 0 Å². The van der Waals surface area contributed by atoms with E-state index in [9.17, 15) is 0 Å². The van der Waals surface area contributed by atoms with Crippen molar-refractivity contribution < 1.29 is 14.2 Å². The molecule has 0 bridgehead atoms. The van der Waals surface area contributed by atoms with Crippen LogP contribution < -0.4 is 14.8 Å². The number of benzene rings is 1. The molecule has 0 heterocycles. The molecule has 0 amide bonds. The van der Waals surface area contributed by atoms with Crippen LogP contribution in [0, 0.1) is 0 Å². The largest absolute Gasteiger partial charge is 0.493 e. The van der Waals surface area contributed by atoms with Crippen molar-refractivity contribution in [1.29, 1.82) is 0 Å². The first-order valence-electron chi connectivity index (χ1n) is 6.47. The van der Waals surface area contributed by atoms with Gasteiger partial charge in [-0.15, -0.1) is 0 Å². The molecule has 1 N–H and O–H groups in total. The number of nitrogens with one attached hydrogen (secondary N) is 1. The zero-order valence-corrected chi connectivity index (χ0v) is 13.0. The van der Waals surface area contributed by atoms with Crippen molar-refractivity contribution in [2.45, 2.75) is 19.6 Å². The molecular weight excluding hydrogens is 278 g/mol. The maximum Gasteiger partial charge on any atom is 0.166 e. The number of hydrogen-bond donors (Lipinski definition) is 1. The zero-order valence-electron chi connectivity index (χ0n) is 12.2. The van der Waals surface area contributed by atoms with E-state index in [4.69, 9.17) is 25.8 Å². The molecule has 5 heteroatoms. The van der Waals surface area contributed by atoms with Crippen molar-refractivity contribution in [1.82, 2.24) is 5.32 Å². The van der Waals surface area contributed by atoms with Crippen molar-refractivity contribution in [3.8, 4) is 11.5 Å². The Hall–Kier alpha value is -1.23. The molecule has 1 rings (SSSR count). The van der Waals surface area contributed by atoms with Gasteiger partial charge in [-0.3, -0.25) is 0 Å². The Morgan fingerprint density at radius 2 is 2.15 bits per heavy atom. The molecule has 1 unspecified atom stereocenters. The minimum absolute atomic E-state index is 0.109. The lowest BCUT2D eigenvalue weighted by atomic mass is 10.1. The minimum Gasteiger partial charge on any atom is -0.493 e. The van der Waals surface area contributed by atoms with E-state index >= 15 is 0 Å². The van der Waals surface area contributed by atoms with Crippen molar-refractivity contribution in [2.75, 3.05) is 27.4 Å². The van der Waals surface area contributed by atoms with E-state index < -0.39 is 0 Å². The third kappa shape index (κ3) is 5.04. The van der Waals surface area contributed by atoms with Gasteiger partial charge in [-0.2, -0.15) is 0 Å². The highest BCUT2D eigenvalue weighted by molar-refractivity contribution is 6.30. The molecule has 0 radical (unpaired) electrons. The summed E-state index contributed by atoms with van der Waals surface area (Å²) in [4.78, 5) is 0. The standard InChI is InChI=1S/C15H22ClNO3/c1-5-11(2)20-15-12(10-17-6-7-18-3)8-13(16)9-14(15)19-4/h5,8-9,11,17H,1,6-7,10H2,2-4H3. The Labute approximate surface area is 125 Å². The SMILES string of the molecule is C=CC(C)Oc1c(CNCCOC)cc(Cl)cc1OC. The average Bonchev–Trinajstić information content (AvgIpc) is 2.45. The number of methoxy groups -OCH3 is 2. The summed E-state index contributed by atoms with van der Waals surface area (Å²) in [5, 5.41) is 3.88. The van der Waals surface area contributed by atoms with Crippen LogP contribution in [0.2, 0.25) is 5.02 Å². The Morgan fingerprint density at radius 3 is 2.75 bits per heavy atom. The van der Waals surface area contributed by atoms with Crippen LogP contribution in [0.4, 0.5) is 0 Å². The molecule has 4 nitrogen and oxygen atoms in total. The molecule has 0 spiro atoms. The van der Waals surface area contributed by atoms with Gasteiger partial charge in [0, 0.05) is 36.9 Å². The van der Waals surface area contributed by atoms with Gasteiger partial charge in [0.1, 0.15) is 6.10 Å². The van der Waals surface area contributed by atoms with E-state index in [-0.39, 0.29) is 6.10 Å². The molecule has 20 heavy (non-hydrogen) atoms. The maximum atomic E-state index is 6.10. The smallest absolute Gasteiger partial charge is 0.166 e. The molecular formula is C15H22ClNO3. The summed E-state index contributed by atoms with van der Waals surface area (Å²) in [6.45, 7) is 7.67. The Balaban J connectivity index is 2.92. The van der Waals surface area contributed by atoms with Gasteiger partial charge in [-0.1, -0.05) is 24.3 Å². The van der Waals surface area contributed by atoms with Crippen LogP contribution in [0.1, 0.15) is 12.5 Å². The molecule has 0 fully saturated rings. The molecule has 0 aliphatic heterocycles. The maximum absolute atomic E-state index is 6.10. The van der Waals surface area contributed by atoms with Crippen LogP contribution in [-0.4, -0.2) is 33.5 Å². The fourth-order valence-corrected chi connectivity index (χ4v) is 1.90. The topological polar surface area (TPSA) is 39.7 Å². The molecule has 0 aliphatic carbocycles. The van der Waals surface area contributed by atoms with E-state index in [2.05, 4.69) is 11.9 Å². The van der Waals surface area contributed by atoms with Gasteiger partial charge in [0.15, 0.2) is 11.5 Å². The molecule has 0 saturated carbocycles. The number of ether oxygens (including phenoxy) is 3. The first kappa shape index (κ1) is 16.8. The van der Waals surface area contributed by atoms with Gasteiger partial charge >= 0.3 is 0 Å². The lowest BCUT2D eigenvalue weighted by molar-refractivity contribution is 0.198. The fraction of sp³-hybridized carbons (Fsp3) is 0.467. The van der Waals surface area contributed by atoms with E-state index in [0.29, 0.717) is 29.7 Å². The van der Waals surface area contributed by atoms with Crippen LogP contribution in [0.5, 0.6) is 11.5 Å². The quantitative estimate of drug-likeness (QED) is 0.562. The highest BCUT2D eigenvalue weighted by Gasteiger charge is 2.14. The van der Waals surface area contributed by atoms with Crippen LogP contribution in [-0.2, 0) is 11.3 Å². The lowest BCUT2D eigenvalue weighted by Gasteiger charge is -2.18. The Kier molecular flexibility index (Phi) is 7.44. The summed E-state index contributed by atoms with van der Waals surface area (Å²) in [5.41, 5.74) is 0.944. The molecule has 1 aromatic rings. The second-order valence-electron chi connectivity index (χ2n) is 4.32. The van der Waals surface area contributed by atoms with Gasteiger partial charge in [-0.05, 0) is 13.0 Å². The van der Waals surface area contributed by atoms with Crippen molar-refractivity contribution in [3.63, 3.8) is 0 Å². The van der Waals surface area contributed by atoms with Gasteiger partial charge in [0.25, 0.3) is 0 Å². The molecule has 0 aliphatic rings. The van der Waals surface area contributed by atoms with Gasteiger partial charge < -0.3 is 19.5 Å². The first-order valence-corrected chi connectivity index (χ1v) is 6.85. The molecule has 1 atom stereocenters. The average molecular weight is 300 g/mol. The monoisotopic (exact) mass is 299 g/mol. The normalized spacial score (nSPS) is 12.0. The van der Waals surface area contributed by atoms with Gasteiger partial charge in [0.2, 0.25) is 0 Å². The lowest BCUT2D eigenvalue weighted by Crippen LogP contribution is -2.20. The van der Waals surface area contributed by atoms with Crippen molar-refractivity contribution in [2.24, 2.45) is 0 Å². The predicted octanol–water partition coefficient (Wildman–Crippen LogP) is 3.04. The summed E-state index contributed by atoms with van der Waals surface area (Å²) >= 11 is 6.10. The van der Waals surface area contributed by atoms with Crippen LogP contribution >= 0.6 is 11.6 Å². The van der Waals surface area contributed by atoms with E-state index in [1.807, 2.05) is 13.0 Å². The van der Waals surface area contributed by atoms with Crippen molar-refractivity contribution in [3.05, 3.63) is 35.4 Å². The second kappa shape index (κ2) is 8.84. The van der Waals surface area contributed by atoms with Crippen LogP contribution in [0.25, 0.3) is 0 Å². The summed E-state index contributed by atoms with van der Waals surface area (Å²) in [5.74, 6) is 1.31. The molecule has 0 aromatic heterocycles. The molecule has 0 saturated heterocycles. The van der Waals surface area contributed by atoms with Crippen LogP contribution in [0.15, 0.2) is 24.8 Å². The second-order valence-corrected chi connectivity index (χ2v) is 4.76. The first-order chi connectivity index (χ1) is 9.62. The summed E-state index contributed by atoms with van der Waals surface area (Å²) < 4.78 is 16.2. The highest BCUT2D eigenvalue weighted by Crippen LogP contribution is 2.35. The predicted molar refractivity (Wildman–Crippen MR) is 81.9 cm³/mol. The van der Waals surface area contributed by atoms with E-state index in [1.165, 1.54) is 0 Å². The third-order valence-electron chi connectivity index (χ3n) is 2.75. The Morgan fingerprint density at radius 1 is 1.40 bits per heavy atom. The van der Waals surface area contributed by atoms with E-state index in [1.54, 1.807) is 26.4 Å². The van der Waals surface area contributed by atoms with Crippen molar-refractivity contribution >= 4 is 11.6 Å². The number of hydrogen-bond acceptors (Lipinski definition) is 4. The number of rotatable bonds is 9. The third-order valence-corrected chi connectivity index (χ3v) is 2.97. The fourth-order valence-electron chi connectivity index (χ4n) is 1.67. The molecule has 1 aromatic carbocycles. The molecule has 112 valence electrons. The summed E-state index contributed by atoms with van der Waals surface area (Å²) in [7, 11) is 3.27. The zero-order chi connectivity index (χ0) is 15.0. The van der Waals surface area contributed by atoms with Crippen LogP contribution in [0.3, 0.4) is 0 Å². The highest BCUT2D eigenvalue weighted by atomic mass is 35.5.